The van der Waals surface area contributed by atoms with Crippen LogP contribution in [0, 0.1) is 0 Å². The number of hydrogen-bond acceptors (Lipinski definition) is 7. The minimum absolute atomic E-state index is 0.345. The van der Waals surface area contributed by atoms with Gasteiger partial charge in [0.1, 0.15) is 5.82 Å². The van der Waals surface area contributed by atoms with Crippen LogP contribution in [0.4, 0.5) is 17.7 Å². The Balaban J connectivity index is 1.80. The van der Waals surface area contributed by atoms with Crippen LogP contribution >= 0.6 is 0 Å². The van der Waals surface area contributed by atoms with E-state index < -0.39 is 0 Å². The van der Waals surface area contributed by atoms with Gasteiger partial charge in [0.15, 0.2) is 11.5 Å². The van der Waals surface area contributed by atoms with E-state index in [1.165, 1.54) is 0 Å². The predicted octanol–water partition coefficient (Wildman–Crippen LogP) is 2.86. The van der Waals surface area contributed by atoms with Gasteiger partial charge in [0.05, 0.1) is 30.8 Å². The van der Waals surface area contributed by atoms with E-state index in [0.29, 0.717) is 40.1 Å². The molecule has 2 aromatic heterocycles. The molecule has 0 bridgehead atoms. The summed E-state index contributed by atoms with van der Waals surface area (Å²) >= 11 is 0. The molecule has 0 aliphatic heterocycles. The SMILES string of the molecule is COc1cc2nc(Nc3nc4ccccc4n3C)nc(N)c2cc1OC. The van der Waals surface area contributed by atoms with Gasteiger partial charge in [-0.05, 0) is 18.2 Å². The van der Waals surface area contributed by atoms with E-state index in [2.05, 4.69) is 20.3 Å². The number of methoxy groups -OCH3 is 2. The van der Waals surface area contributed by atoms with Crippen molar-refractivity contribution in [3.63, 3.8) is 0 Å². The molecule has 0 aliphatic rings. The lowest BCUT2D eigenvalue weighted by atomic mass is 10.2. The highest BCUT2D eigenvalue weighted by Crippen LogP contribution is 2.34. The number of nitrogens with zero attached hydrogens (tertiary/aromatic N) is 4. The molecule has 26 heavy (non-hydrogen) atoms. The highest BCUT2D eigenvalue weighted by molar-refractivity contribution is 5.92. The number of nitrogens with one attached hydrogen (secondary N) is 1. The Morgan fingerprint density at radius 1 is 0.962 bits per heavy atom. The third-order valence-electron chi connectivity index (χ3n) is 4.24. The first-order valence-corrected chi connectivity index (χ1v) is 7.98. The smallest absolute Gasteiger partial charge is 0.232 e. The Bertz CT molecular complexity index is 1120. The topological polar surface area (TPSA) is 100 Å². The summed E-state index contributed by atoms with van der Waals surface area (Å²) in [5.74, 6) is 2.49. The van der Waals surface area contributed by atoms with Crippen LogP contribution in [0.25, 0.3) is 21.9 Å². The van der Waals surface area contributed by atoms with E-state index in [4.69, 9.17) is 15.2 Å². The van der Waals surface area contributed by atoms with Crippen molar-refractivity contribution >= 4 is 39.7 Å². The molecule has 0 atom stereocenters. The van der Waals surface area contributed by atoms with Crippen LogP contribution in [-0.4, -0.2) is 33.7 Å². The van der Waals surface area contributed by atoms with E-state index in [-0.39, 0.29) is 0 Å². The second-order valence-electron chi connectivity index (χ2n) is 5.76. The second kappa shape index (κ2) is 6.07. The van der Waals surface area contributed by atoms with E-state index >= 15 is 0 Å². The Morgan fingerprint density at radius 3 is 2.42 bits per heavy atom. The van der Waals surface area contributed by atoms with Crippen molar-refractivity contribution in [2.75, 3.05) is 25.3 Å². The third-order valence-corrected chi connectivity index (χ3v) is 4.24. The maximum absolute atomic E-state index is 6.12. The number of aryl methyl sites for hydroxylation is 1. The Labute approximate surface area is 149 Å². The van der Waals surface area contributed by atoms with E-state index in [0.717, 1.165) is 11.0 Å². The molecule has 0 amide bonds. The molecule has 2 heterocycles. The molecule has 0 radical (unpaired) electrons. The largest absolute Gasteiger partial charge is 0.493 e. The van der Waals surface area contributed by atoms with Gasteiger partial charge in [-0.25, -0.2) is 9.97 Å². The van der Waals surface area contributed by atoms with Crippen LogP contribution in [0.2, 0.25) is 0 Å². The van der Waals surface area contributed by atoms with Gasteiger partial charge in [-0.2, -0.15) is 4.98 Å². The first-order valence-electron chi connectivity index (χ1n) is 7.98. The van der Waals surface area contributed by atoms with Crippen LogP contribution in [0.15, 0.2) is 36.4 Å². The zero-order chi connectivity index (χ0) is 18.3. The van der Waals surface area contributed by atoms with Crippen LogP contribution in [0.1, 0.15) is 0 Å². The van der Waals surface area contributed by atoms with Gasteiger partial charge in [0.2, 0.25) is 11.9 Å². The number of imidazole rings is 1. The van der Waals surface area contributed by atoms with Gasteiger partial charge in [-0.1, -0.05) is 12.1 Å². The summed E-state index contributed by atoms with van der Waals surface area (Å²) in [6.45, 7) is 0. The molecular formula is C18H18N6O2. The van der Waals surface area contributed by atoms with E-state index in [1.54, 1.807) is 26.4 Å². The molecule has 2 aromatic carbocycles. The first kappa shape index (κ1) is 15.9. The Kier molecular flexibility index (Phi) is 3.72. The molecule has 0 saturated heterocycles. The normalized spacial score (nSPS) is 11.0. The molecule has 8 nitrogen and oxygen atoms in total. The minimum Gasteiger partial charge on any atom is -0.493 e. The number of aromatic nitrogens is 4. The number of hydrogen-bond donors (Lipinski definition) is 2. The number of nitrogens with two attached hydrogens (primary N) is 1. The Morgan fingerprint density at radius 2 is 1.69 bits per heavy atom. The average Bonchev–Trinajstić information content (AvgIpc) is 2.96. The molecule has 4 rings (SSSR count). The lowest BCUT2D eigenvalue weighted by molar-refractivity contribution is 0.356. The van der Waals surface area contributed by atoms with Crippen molar-refractivity contribution < 1.29 is 9.47 Å². The fourth-order valence-corrected chi connectivity index (χ4v) is 2.89. The molecule has 132 valence electrons. The molecule has 0 spiro atoms. The molecule has 0 saturated carbocycles. The number of ether oxygens (including phenoxy) is 2. The summed E-state index contributed by atoms with van der Waals surface area (Å²) in [7, 11) is 5.07. The van der Waals surface area contributed by atoms with Gasteiger partial charge in [-0.3, -0.25) is 5.32 Å². The molecule has 0 unspecified atom stereocenters. The van der Waals surface area contributed by atoms with Crippen molar-refractivity contribution in [1.29, 1.82) is 0 Å². The summed E-state index contributed by atoms with van der Waals surface area (Å²) in [4.78, 5) is 13.4. The van der Waals surface area contributed by atoms with Crippen molar-refractivity contribution in [2.45, 2.75) is 0 Å². The number of nitrogen functional groups attached to an aromatic ring is 1. The summed E-state index contributed by atoms with van der Waals surface area (Å²) in [5.41, 5.74) is 8.67. The monoisotopic (exact) mass is 350 g/mol. The second-order valence-corrected chi connectivity index (χ2v) is 5.76. The lowest BCUT2D eigenvalue weighted by Crippen LogP contribution is -2.05. The summed E-state index contributed by atoms with van der Waals surface area (Å²) in [6.07, 6.45) is 0. The fraction of sp³-hybridized carbons (Fsp3) is 0.167. The maximum atomic E-state index is 6.12. The quantitative estimate of drug-likeness (QED) is 0.584. The van der Waals surface area contributed by atoms with Gasteiger partial charge in [-0.15, -0.1) is 0 Å². The number of fused-ring (bicyclic) bond motifs is 2. The summed E-state index contributed by atoms with van der Waals surface area (Å²) in [6, 6.07) is 11.4. The van der Waals surface area contributed by atoms with Crippen molar-refractivity contribution in [1.82, 2.24) is 19.5 Å². The van der Waals surface area contributed by atoms with Crippen LogP contribution < -0.4 is 20.5 Å². The van der Waals surface area contributed by atoms with Crippen molar-refractivity contribution in [2.24, 2.45) is 7.05 Å². The highest BCUT2D eigenvalue weighted by Gasteiger charge is 2.13. The van der Waals surface area contributed by atoms with E-state index in [1.807, 2.05) is 35.9 Å². The zero-order valence-corrected chi connectivity index (χ0v) is 14.6. The predicted molar refractivity (Wildman–Crippen MR) is 101 cm³/mol. The van der Waals surface area contributed by atoms with Crippen LogP contribution in [-0.2, 0) is 7.05 Å². The molecule has 8 heteroatoms. The van der Waals surface area contributed by atoms with E-state index in [9.17, 15) is 0 Å². The average molecular weight is 350 g/mol. The van der Waals surface area contributed by atoms with Crippen LogP contribution in [0.5, 0.6) is 11.5 Å². The third kappa shape index (κ3) is 2.52. The van der Waals surface area contributed by atoms with Gasteiger partial charge < -0.3 is 19.8 Å². The molecular weight excluding hydrogens is 332 g/mol. The maximum Gasteiger partial charge on any atom is 0.232 e. The van der Waals surface area contributed by atoms with Crippen LogP contribution in [0.3, 0.4) is 0 Å². The number of rotatable bonds is 4. The molecule has 4 aromatic rings. The standard InChI is InChI=1S/C18H18N6O2/c1-24-13-7-5-4-6-11(13)21-18(24)23-17-20-12-9-15(26-3)14(25-2)8-10(12)16(19)22-17/h4-9H,1-3H3,(H3,19,20,21,22,23). The number of para-hydroxylation sites is 2. The molecule has 0 aliphatic carbocycles. The van der Waals surface area contributed by atoms with Gasteiger partial charge in [0, 0.05) is 18.5 Å². The van der Waals surface area contributed by atoms with Crippen molar-refractivity contribution in [3.8, 4) is 11.5 Å². The van der Waals surface area contributed by atoms with Gasteiger partial charge in [0.25, 0.3) is 0 Å². The number of benzene rings is 2. The highest BCUT2D eigenvalue weighted by atomic mass is 16.5. The Hall–Kier alpha value is -3.55. The molecule has 0 fully saturated rings. The summed E-state index contributed by atoms with van der Waals surface area (Å²) in [5, 5.41) is 3.83. The molecule has 3 N–H and O–H groups in total. The zero-order valence-electron chi connectivity index (χ0n) is 14.6. The summed E-state index contributed by atoms with van der Waals surface area (Å²) < 4.78 is 12.6. The lowest BCUT2D eigenvalue weighted by Gasteiger charge is -2.11. The van der Waals surface area contributed by atoms with Crippen molar-refractivity contribution in [3.05, 3.63) is 36.4 Å². The minimum atomic E-state index is 0.345. The van der Waals surface area contributed by atoms with Gasteiger partial charge >= 0.3 is 0 Å². The fourth-order valence-electron chi connectivity index (χ4n) is 2.89. The first-order chi connectivity index (χ1) is 12.6. The number of anilines is 3.